The second kappa shape index (κ2) is 57.1. The summed E-state index contributed by atoms with van der Waals surface area (Å²) in [6.07, 6.45) is 80.0. The summed E-state index contributed by atoms with van der Waals surface area (Å²) in [6, 6.07) is 0. The van der Waals surface area contributed by atoms with Crippen molar-refractivity contribution >= 4 is 17.9 Å². The van der Waals surface area contributed by atoms with Crippen LogP contribution >= 0.6 is 0 Å². The molecule has 6 heteroatoms. The SMILES string of the molecule is CC\C=C/C=C\C=C/C=C\CCCCCCCC(=O)OCC(COC(=O)CCCCCCCCCCCC/C=C\C=C/CCCCC)OC(=O)CCCCCCC\C=C/C=C\C=C/C=C\C=C/CCC. The van der Waals surface area contributed by atoms with Gasteiger partial charge in [-0.15, -0.1) is 0 Å². The minimum Gasteiger partial charge on any atom is -0.462 e. The number of allylic oxidation sites excluding steroid dienone is 22. The Labute approximate surface area is 430 Å². The van der Waals surface area contributed by atoms with Gasteiger partial charge in [0, 0.05) is 19.3 Å². The van der Waals surface area contributed by atoms with Gasteiger partial charge in [0.25, 0.3) is 0 Å². The first-order chi connectivity index (χ1) is 34.5. The molecule has 0 amide bonds. The van der Waals surface area contributed by atoms with Gasteiger partial charge in [-0.25, -0.2) is 0 Å². The molecule has 0 saturated carbocycles. The average molecular weight is 968 g/mol. The summed E-state index contributed by atoms with van der Waals surface area (Å²) in [5.41, 5.74) is 0. The van der Waals surface area contributed by atoms with E-state index in [4.69, 9.17) is 14.2 Å². The molecule has 0 spiro atoms. The summed E-state index contributed by atoms with van der Waals surface area (Å²) in [5.74, 6) is -0.959. The van der Waals surface area contributed by atoms with Crippen LogP contribution in [0, 0.1) is 0 Å². The van der Waals surface area contributed by atoms with E-state index in [2.05, 4.69) is 112 Å². The van der Waals surface area contributed by atoms with Crippen molar-refractivity contribution in [2.45, 2.75) is 239 Å². The fraction of sp³-hybridized carbons (Fsp3) is 0.609. The average Bonchev–Trinajstić information content (AvgIpc) is 3.36. The van der Waals surface area contributed by atoms with E-state index in [1.165, 1.54) is 83.5 Å². The van der Waals surface area contributed by atoms with Crippen molar-refractivity contribution in [1.82, 2.24) is 0 Å². The monoisotopic (exact) mass is 967 g/mol. The molecule has 0 aliphatic carbocycles. The molecular formula is C64H102O6. The van der Waals surface area contributed by atoms with Gasteiger partial charge in [0.2, 0.25) is 0 Å². The van der Waals surface area contributed by atoms with Crippen LogP contribution in [0.15, 0.2) is 134 Å². The summed E-state index contributed by atoms with van der Waals surface area (Å²) >= 11 is 0. The number of hydrogen-bond acceptors (Lipinski definition) is 6. The second-order valence-corrected chi connectivity index (χ2v) is 18.4. The van der Waals surface area contributed by atoms with E-state index in [1.807, 2.05) is 42.5 Å². The Hall–Kier alpha value is -4.45. The molecule has 0 heterocycles. The highest BCUT2D eigenvalue weighted by Crippen LogP contribution is 2.14. The highest BCUT2D eigenvalue weighted by molar-refractivity contribution is 5.71. The summed E-state index contributed by atoms with van der Waals surface area (Å²) < 4.78 is 16.8. The fourth-order valence-electron chi connectivity index (χ4n) is 7.36. The lowest BCUT2D eigenvalue weighted by Gasteiger charge is -2.18. The summed E-state index contributed by atoms with van der Waals surface area (Å²) in [7, 11) is 0. The molecule has 1 unspecified atom stereocenters. The normalized spacial score (nSPS) is 13.1. The van der Waals surface area contributed by atoms with E-state index in [9.17, 15) is 14.4 Å². The molecule has 0 rings (SSSR count). The van der Waals surface area contributed by atoms with E-state index in [-0.39, 0.29) is 37.5 Å². The van der Waals surface area contributed by atoms with Crippen molar-refractivity contribution in [3.63, 3.8) is 0 Å². The number of esters is 3. The molecular weight excluding hydrogens is 865 g/mol. The topological polar surface area (TPSA) is 78.9 Å². The Kier molecular flexibility index (Phi) is 53.5. The maximum Gasteiger partial charge on any atom is 0.306 e. The summed E-state index contributed by atoms with van der Waals surface area (Å²) in [4.78, 5) is 38.2. The summed E-state index contributed by atoms with van der Waals surface area (Å²) in [6.45, 7) is 6.33. The molecule has 0 N–H and O–H groups in total. The van der Waals surface area contributed by atoms with Gasteiger partial charge in [-0.1, -0.05) is 264 Å². The van der Waals surface area contributed by atoms with Crippen LogP contribution in [-0.2, 0) is 28.6 Å². The van der Waals surface area contributed by atoms with Crippen molar-refractivity contribution in [3.05, 3.63) is 134 Å². The van der Waals surface area contributed by atoms with Gasteiger partial charge < -0.3 is 14.2 Å². The molecule has 0 aliphatic heterocycles. The van der Waals surface area contributed by atoms with Crippen LogP contribution in [0.5, 0.6) is 0 Å². The Bertz CT molecular complexity index is 1530. The third-order valence-electron chi connectivity index (χ3n) is 11.6. The lowest BCUT2D eigenvalue weighted by atomic mass is 10.1. The third kappa shape index (κ3) is 54.5. The number of carbonyl (C=O) groups excluding carboxylic acids is 3. The molecule has 1 atom stereocenters. The minimum atomic E-state index is -0.809. The highest BCUT2D eigenvalue weighted by Gasteiger charge is 2.19. The van der Waals surface area contributed by atoms with Crippen LogP contribution in [0.4, 0.5) is 0 Å². The predicted molar refractivity (Wildman–Crippen MR) is 302 cm³/mol. The van der Waals surface area contributed by atoms with Crippen molar-refractivity contribution in [2.24, 2.45) is 0 Å². The van der Waals surface area contributed by atoms with Crippen LogP contribution in [0.1, 0.15) is 233 Å². The molecule has 0 aromatic rings. The van der Waals surface area contributed by atoms with Gasteiger partial charge in [-0.05, 0) is 83.5 Å². The van der Waals surface area contributed by atoms with Crippen LogP contribution in [0.2, 0.25) is 0 Å². The van der Waals surface area contributed by atoms with E-state index in [0.29, 0.717) is 12.8 Å². The molecule has 0 fully saturated rings. The Balaban J connectivity index is 4.50. The maximum atomic E-state index is 12.9. The first-order valence-corrected chi connectivity index (χ1v) is 28.3. The number of carbonyl (C=O) groups is 3. The zero-order valence-corrected chi connectivity index (χ0v) is 45.0. The largest absolute Gasteiger partial charge is 0.462 e. The van der Waals surface area contributed by atoms with Crippen LogP contribution in [-0.4, -0.2) is 37.2 Å². The van der Waals surface area contributed by atoms with Gasteiger partial charge in [0.1, 0.15) is 13.2 Å². The van der Waals surface area contributed by atoms with Gasteiger partial charge in [-0.2, -0.15) is 0 Å². The minimum absolute atomic E-state index is 0.103. The number of ether oxygens (including phenoxy) is 3. The standard InChI is InChI=1S/C64H102O6/c1-4-7-10-13-16-19-22-25-28-30-32-34-36-39-42-45-48-51-54-57-63(66)69-60-61(59-68-62(65)56-53-50-47-44-41-38-35-27-24-21-18-15-12-9-6-3)70-64(67)58-55-52-49-46-43-40-37-33-31-29-26-23-20-17-14-11-8-5-2/h9,11-12,14-27,29,31,33,35,37,61H,4-8,10,13,28,30,32,34,36,38-60H2,1-3H3/b12-9-,14-11-,18-15-,19-16-,20-17-,24-21-,25-22-,26-23-,31-29-,35-27-,37-33-. The quantitative estimate of drug-likeness (QED) is 0.0262. The van der Waals surface area contributed by atoms with Crippen LogP contribution < -0.4 is 0 Å². The number of rotatable bonds is 49. The molecule has 0 saturated heterocycles. The fourth-order valence-corrected chi connectivity index (χ4v) is 7.36. The molecule has 0 bridgehead atoms. The van der Waals surface area contributed by atoms with Gasteiger partial charge in [0.05, 0.1) is 0 Å². The van der Waals surface area contributed by atoms with E-state index in [0.717, 1.165) is 109 Å². The maximum absolute atomic E-state index is 12.9. The molecule has 0 radical (unpaired) electrons. The third-order valence-corrected chi connectivity index (χ3v) is 11.6. The molecule has 0 aromatic carbocycles. The van der Waals surface area contributed by atoms with Crippen LogP contribution in [0.3, 0.4) is 0 Å². The van der Waals surface area contributed by atoms with E-state index >= 15 is 0 Å². The van der Waals surface area contributed by atoms with Crippen molar-refractivity contribution < 1.29 is 28.6 Å². The predicted octanol–water partition coefficient (Wildman–Crippen LogP) is 19.0. The van der Waals surface area contributed by atoms with E-state index in [1.54, 1.807) is 0 Å². The highest BCUT2D eigenvalue weighted by atomic mass is 16.6. The van der Waals surface area contributed by atoms with E-state index < -0.39 is 6.10 Å². The van der Waals surface area contributed by atoms with Gasteiger partial charge >= 0.3 is 17.9 Å². The molecule has 0 aliphatic rings. The smallest absolute Gasteiger partial charge is 0.306 e. The second-order valence-electron chi connectivity index (χ2n) is 18.4. The number of hydrogen-bond donors (Lipinski definition) is 0. The molecule has 70 heavy (non-hydrogen) atoms. The van der Waals surface area contributed by atoms with Gasteiger partial charge in [0.15, 0.2) is 6.10 Å². The number of unbranched alkanes of at least 4 members (excludes halogenated alkanes) is 24. The Morgan fingerprint density at radius 2 is 0.586 bits per heavy atom. The molecule has 6 nitrogen and oxygen atoms in total. The Morgan fingerprint density at radius 3 is 0.943 bits per heavy atom. The van der Waals surface area contributed by atoms with Gasteiger partial charge in [-0.3, -0.25) is 14.4 Å². The van der Waals surface area contributed by atoms with Crippen molar-refractivity contribution in [1.29, 1.82) is 0 Å². The lowest BCUT2D eigenvalue weighted by molar-refractivity contribution is -0.167. The Morgan fingerprint density at radius 1 is 0.300 bits per heavy atom. The zero-order valence-electron chi connectivity index (χ0n) is 45.0. The first-order valence-electron chi connectivity index (χ1n) is 28.3. The van der Waals surface area contributed by atoms with Crippen LogP contribution in [0.25, 0.3) is 0 Å². The zero-order chi connectivity index (χ0) is 50.7. The lowest BCUT2D eigenvalue weighted by Crippen LogP contribution is -2.30. The first kappa shape index (κ1) is 65.5. The summed E-state index contributed by atoms with van der Waals surface area (Å²) in [5, 5.41) is 0. The molecule has 394 valence electrons. The molecule has 0 aromatic heterocycles. The van der Waals surface area contributed by atoms with Crippen molar-refractivity contribution in [3.8, 4) is 0 Å². The van der Waals surface area contributed by atoms with Crippen molar-refractivity contribution in [2.75, 3.05) is 13.2 Å².